The number of ether oxygens (including phenoxy) is 1. The smallest absolute Gasteiger partial charge is 0.310 e. The molecule has 1 aliphatic carbocycles. The average molecular weight is 411 g/mol. The summed E-state index contributed by atoms with van der Waals surface area (Å²) in [4.78, 5) is 30.0. The van der Waals surface area contributed by atoms with Gasteiger partial charge >= 0.3 is 5.97 Å². The van der Waals surface area contributed by atoms with Crippen molar-refractivity contribution >= 4 is 17.4 Å². The van der Waals surface area contributed by atoms with Gasteiger partial charge in [0.1, 0.15) is 11.9 Å². The number of anilines is 1. The zero-order chi connectivity index (χ0) is 21.1. The van der Waals surface area contributed by atoms with Gasteiger partial charge in [0.15, 0.2) is 0 Å². The van der Waals surface area contributed by atoms with E-state index in [1.165, 1.54) is 11.3 Å². The van der Waals surface area contributed by atoms with E-state index in [1.54, 1.807) is 0 Å². The predicted octanol–water partition coefficient (Wildman–Crippen LogP) is 3.69. The van der Waals surface area contributed by atoms with Crippen molar-refractivity contribution in [2.75, 3.05) is 37.6 Å². The Bertz CT molecular complexity index is 783. The van der Waals surface area contributed by atoms with Gasteiger partial charge in [0.05, 0.1) is 5.92 Å². The highest BCUT2D eigenvalue weighted by Gasteiger charge is 2.45. The summed E-state index contributed by atoms with van der Waals surface area (Å²) in [5, 5.41) is 0. The Kier molecular flexibility index (Phi) is 6.57. The van der Waals surface area contributed by atoms with E-state index in [-0.39, 0.29) is 35.6 Å². The van der Waals surface area contributed by atoms with Crippen LogP contribution in [0.2, 0.25) is 0 Å². The highest BCUT2D eigenvalue weighted by atomic mass is 16.6. The minimum Gasteiger partial charge on any atom is -0.462 e. The number of ketones is 1. The van der Waals surface area contributed by atoms with Gasteiger partial charge in [-0.1, -0.05) is 36.8 Å². The largest absolute Gasteiger partial charge is 0.462 e. The number of piperazine rings is 1. The minimum absolute atomic E-state index is 0.0550. The van der Waals surface area contributed by atoms with Gasteiger partial charge in [0.25, 0.3) is 0 Å². The number of allylic oxidation sites excluding steroid dienone is 2. The molecule has 0 aromatic heterocycles. The molecule has 5 nitrogen and oxygen atoms in total. The molecule has 162 valence electrons. The number of fused-ring (bicyclic) bond motifs is 1. The van der Waals surface area contributed by atoms with Gasteiger partial charge in [-0.2, -0.15) is 0 Å². The maximum atomic E-state index is 12.8. The third kappa shape index (κ3) is 4.77. The quantitative estimate of drug-likeness (QED) is 0.562. The van der Waals surface area contributed by atoms with Gasteiger partial charge in [-0.15, -0.1) is 0 Å². The zero-order valence-electron chi connectivity index (χ0n) is 18.3. The number of para-hydroxylation sites is 1. The number of rotatable bonds is 3. The molecule has 0 spiro atoms. The molecule has 1 aromatic carbocycles. The highest BCUT2D eigenvalue weighted by molar-refractivity contribution is 5.82. The molecule has 0 amide bonds. The molecule has 0 radical (unpaired) electrons. The van der Waals surface area contributed by atoms with Crippen molar-refractivity contribution in [3.05, 3.63) is 42.0 Å². The SMILES string of the molecule is C/C1=C\CC(=O)[C@H](C)CC2OC(=O)C(CN3CCN(c4ccccc4)CC3)[C@@H]2CC1. The fourth-order valence-corrected chi connectivity index (χ4v) is 5.14. The first-order valence-electron chi connectivity index (χ1n) is 11.4. The Hall–Kier alpha value is -2.14. The molecule has 30 heavy (non-hydrogen) atoms. The van der Waals surface area contributed by atoms with Crippen molar-refractivity contribution < 1.29 is 14.3 Å². The number of Topliss-reactive ketones (excluding diaryl/α,β-unsaturated/α-hetero) is 1. The normalized spacial score (nSPS) is 32.9. The molecule has 1 aromatic rings. The van der Waals surface area contributed by atoms with Crippen LogP contribution in [0.3, 0.4) is 0 Å². The first-order chi connectivity index (χ1) is 14.5. The minimum atomic E-state index is -0.113. The standard InChI is InChI=1S/C25H34N2O3/c1-18-8-10-21-22(25(29)30-24(21)16-19(2)23(28)11-9-18)17-26-12-14-27(15-13-26)20-6-4-3-5-7-20/h3-7,9,19,21-22,24H,8,10-17H2,1-2H3/b18-9+/t19-,21+,22?,24?/m1/s1. The molecule has 5 heteroatoms. The number of esters is 1. The molecule has 0 N–H and O–H groups in total. The summed E-state index contributed by atoms with van der Waals surface area (Å²) in [5.41, 5.74) is 2.52. The van der Waals surface area contributed by atoms with E-state index >= 15 is 0 Å². The lowest BCUT2D eigenvalue weighted by Gasteiger charge is -2.37. The predicted molar refractivity (Wildman–Crippen MR) is 118 cm³/mol. The van der Waals surface area contributed by atoms with Crippen molar-refractivity contribution in [2.45, 2.75) is 45.6 Å². The third-order valence-corrected chi connectivity index (χ3v) is 7.17. The van der Waals surface area contributed by atoms with Gasteiger partial charge in [-0.05, 0) is 38.3 Å². The van der Waals surface area contributed by atoms with E-state index in [0.29, 0.717) is 12.8 Å². The number of hydrogen-bond donors (Lipinski definition) is 0. The fourth-order valence-electron chi connectivity index (χ4n) is 5.14. The molecule has 0 bridgehead atoms. The summed E-state index contributed by atoms with van der Waals surface area (Å²) >= 11 is 0. The number of hydrogen-bond acceptors (Lipinski definition) is 5. The first-order valence-corrected chi connectivity index (χ1v) is 11.4. The second kappa shape index (κ2) is 9.34. The molecule has 2 aliphatic heterocycles. The van der Waals surface area contributed by atoms with Crippen LogP contribution in [0.5, 0.6) is 0 Å². The monoisotopic (exact) mass is 410 g/mol. The lowest BCUT2D eigenvalue weighted by molar-refractivity contribution is -0.145. The van der Waals surface area contributed by atoms with Crippen molar-refractivity contribution in [1.29, 1.82) is 0 Å². The Labute approximate surface area is 180 Å². The summed E-state index contributed by atoms with van der Waals surface area (Å²) in [6, 6.07) is 10.5. The van der Waals surface area contributed by atoms with Crippen LogP contribution in [0.15, 0.2) is 42.0 Å². The highest BCUT2D eigenvalue weighted by Crippen LogP contribution is 2.38. The lowest BCUT2D eigenvalue weighted by Crippen LogP contribution is -2.49. The Morgan fingerprint density at radius 3 is 2.53 bits per heavy atom. The molecular formula is C25H34N2O3. The van der Waals surface area contributed by atoms with Gasteiger partial charge in [0.2, 0.25) is 0 Å². The second-order valence-electron chi connectivity index (χ2n) is 9.27. The molecule has 2 unspecified atom stereocenters. The van der Waals surface area contributed by atoms with Crippen molar-refractivity contribution in [2.24, 2.45) is 17.8 Å². The first kappa shape index (κ1) is 21.1. The van der Waals surface area contributed by atoms with Crippen LogP contribution in [0.1, 0.15) is 39.5 Å². The molecule has 2 fully saturated rings. The molecule has 4 atom stereocenters. The molecule has 4 rings (SSSR count). The number of carbonyl (C=O) groups excluding carboxylic acids is 2. The van der Waals surface area contributed by atoms with Crippen LogP contribution in [-0.2, 0) is 14.3 Å². The topological polar surface area (TPSA) is 49.9 Å². The summed E-state index contributed by atoms with van der Waals surface area (Å²) in [7, 11) is 0. The van der Waals surface area contributed by atoms with Gasteiger partial charge in [-0.3, -0.25) is 14.5 Å². The number of nitrogens with zero attached hydrogens (tertiary/aromatic N) is 2. The van der Waals surface area contributed by atoms with E-state index in [0.717, 1.165) is 45.6 Å². The Balaban J connectivity index is 1.40. The van der Waals surface area contributed by atoms with Crippen molar-refractivity contribution in [3.8, 4) is 0 Å². The van der Waals surface area contributed by atoms with Crippen molar-refractivity contribution in [1.82, 2.24) is 4.90 Å². The van der Waals surface area contributed by atoms with E-state index in [9.17, 15) is 9.59 Å². The summed E-state index contributed by atoms with van der Waals surface area (Å²) in [6.45, 7) is 8.74. The second-order valence-corrected chi connectivity index (χ2v) is 9.27. The van der Waals surface area contributed by atoms with Gasteiger partial charge in [0, 0.05) is 56.7 Å². The lowest BCUT2D eigenvalue weighted by atomic mass is 9.80. The summed E-state index contributed by atoms with van der Waals surface area (Å²) in [5.74, 6) is 0.275. The fraction of sp³-hybridized carbons (Fsp3) is 0.600. The van der Waals surface area contributed by atoms with Crippen LogP contribution < -0.4 is 4.90 Å². The van der Waals surface area contributed by atoms with Crippen LogP contribution >= 0.6 is 0 Å². The maximum absolute atomic E-state index is 12.8. The Morgan fingerprint density at radius 1 is 1.07 bits per heavy atom. The number of benzene rings is 1. The molecule has 3 aliphatic rings. The van der Waals surface area contributed by atoms with E-state index < -0.39 is 0 Å². The van der Waals surface area contributed by atoms with Crippen LogP contribution in [0.4, 0.5) is 5.69 Å². The van der Waals surface area contributed by atoms with E-state index in [2.05, 4.69) is 47.1 Å². The van der Waals surface area contributed by atoms with E-state index in [1.807, 2.05) is 13.0 Å². The van der Waals surface area contributed by atoms with E-state index in [4.69, 9.17) is 4.74 Å². The number of carbonyl (C=O) groups is 2. The molecular weight excluding hydrogens is 376 g/mol. The zero-order valence-corrected chi connectivity index (χ0v) is 18.3. The summed E-state index contributed by atoms with van der Waals surface area (Å²) < 4.78 is 5.85. The van der Waals surface area contributed by atoms with Gasteiger partial charge < -0.3 is 9.64 Å². The van der Waals surface area contributed by atoms with Crippen molar-refractivity contribution in [3.63, 3.8) is 0 Å². The molecule has 2 saturated heterocycles. The summed E-state index contributed by atoms with van der Waals surface area (Å²) in [6.07, 6.45) is 5.05. The van der Waals surface area contributed by atoms with Crippen LogP contribution in [0, 0.1) is 17.8 Å². The molecule has 2 heterocycles. The maximum Gasteiger partial charge on any atom is 0.310 e. The van der Waals surface area contributed by atoms with Crippen LogP contribution in [0.25, 0.3) is 0 Å². The average Bonchev–Trinajstić information content (AvgIpc) is 3.05. The third-order valence-electron chi connectivity index (χ3n) is 7.17. The molecule has 0 saturated carbocycles. The van der Waals surface area contributed by atoms with Gasteiger partial charge in [-0.25, -0.2) is 0 Å². The Morgan fingerprint density at radius 2 is 1.80 bits per heavy atom. The van der Waals surface area contributed by atoms with Crippen LogP contribution in [-0.4, -0.2) is 55.5 Å².